The fourth-order valence-electron chi connectivity index (χ4n) is 3.53. The number of Topliss-reactive ketones (excluding diaryl/α,β-unsaturated/α-hetero) is 1. The second-order valence-electron chi connectivity index (χ2n) is 6.34. The van der Waals surface area contributed by atoms with Crippen LogP contribution >= 0.6 is 0 Å². The fourth-order valence-corrected chi connectivity index (χ4v) is 3.53. The first-order valence-corrected chi connectivity index (χ1v) is 8.08. The molecule has 0 spiro atoms. The smallest absolute Gasteiger partial charge is 0.139 e. The number of nitrogens with zero attached hydrogens (tertiary/aromatic N) is 2. The third-order valence-corrected chi connectivity index (χ3v) is 4.72. The Kier molecular flexibility index (Phi) is 4.51. The van der Waals surface area contributed by atoms with Gasteiger partial charge in [0.15, 0.2) is 0 Å². The van der Waals surface area contributed by atoms with Crippen LogP contribution in [0.3, 0.4) is 0 Å². The number of hydrogen-bond acceptors (Lipinski definition) is 3. The van der Waals surface area contributed by atoms with E-state index in [4.69, 9.17) is 0 Å². The van der Waals surface area contributed by atoms with E-state index in [1.165, 1.54) is 25.7 Å². The lowest BCUT2D eigenvalue weighted by Crippen LogP contribution is -2.29. The average molecular weight is 275 g/mol. The van der Waals surface area contributed by atoms with E-state index in [9.17, 15) is 4.79 Å². The summed E-state index contributed by atoms with van der Waals surface area (Å²) >= 11 is 0. The molecular formula is C16H25N3O. The zero-order chi connectivity index (χ0) is 13.8. The van der Waals surface area contributed by atoms with Crippen molar-refractivity contribution in [2.75, 3.05) is 13.1 Å². The molecular weight excluding hydrogens is 250 g/mol. The van der Waals surface area contributed by atoms with E-state index in [0.717, 1.165) is 38.0 Å². The van der Waals surface area contributed by atoms with Crippen molar-refractivity contribution in [3.8, 4) is 0 Å². The van der Waals surface area contributed by atoms with Crippen molar-refractivity contribution in [1.82, 2.24) is 15.1 Å². The molecule has 2 aliphatic rings. The zero-order valence-electron chi connectivity index (χ0n) is 12.2. The van der Waals surface area contributed by atoms with E-state index in [0.29, 0.717) is 24.2 Å². The third-order valence-electron chi connectivity index (χ3n) is 4.72. The highest BCUT2D eigenvalue weighted by molar-refractivity contribution is 5.80. The van der Waals surface area contributed by atoms with Crippen molar-refractivity contribution in [2.45, 2.75) is 57.4 Å². The molecule has 0 atom stereocenters. The highest BCUT2D eigenvalue weighted by Crippen LogP contribution is 2.28. The number of aromatic nitrogens is 2. The molecule has 1 N–H and O–H groups in total. The fraction of sp³-hybridized carbons (Fsp3) is 0.750. The predicted molar refractivity (Wildman–Crippen MR) is 78.7 cm³/mol. The molecule has 110 valence electrons. The maximum absolute atomic E-state index is 12.1. The normalized spacial score (nSPS) is 21.4. The first-order valence-electron chi connectivity index (χ1n) is 8.08. The Bertz CT molecular complexity index is 442. The molecule has 0 amide bonds. The van der Waals surface area contributed by atoms with Crippen LogP contribution in [0.1, 0.15) is 56.7 Å². The molecule has 0 bridgehead atoms. The van der Waals surface area contributed by atoms with Gasteiger partial charge in [-0.05, 0) is 50.8 Å². The number of nitrogens with one attached hydrogen (secondary N) is 1. The average Bonchev–Trinajstić information content (AvgIpc) is 3.10. The van der Waals surface area contributed by atoms with Crippen LogP contribution in [-0.4, -0.2) is 28.7 Å². The van der Waals surface area contributed by atoms with Crippen LogP contribution in [-0.2, 0) is 11.2 Å². The van der Waals surface area contributed by atoms with Gasteiger partial charge in [0.05, 0.1) is 18.2 Å². The van der Waals surface area contributed by atoms with Gasteiger partial charge in [-0.15, -0.1) is 0 Å². The number of rotatable bonds is 5. The summed E-state index contributed by atoms with van der Waals surface area (Å²) in [6, 6.07) is 2.60. The van der Waals surface area contributed by atoms with Crippen molar-refractivity contribution < 1.29 is 4.79 Å². The highest BCUT2D eigenvalue weighted by atomic mass is 16.1. The summed E-state index contributed by atoms with van der Waals surface area (Å²) in [6.45, 7) is 2.13. The molecule has 2 fully saturated rings. The van der Waals surface area contributed by atoms with Crippen molar-refractivity contribution in [1.29, 1.82) is 0 Å². The topological polar surface area (TPSA) is 46.9 Å². The Morgan fingerprint density at radius 3 is 2.75 bits per heavy atom. The van der Waals surface area contributed by atoms with E-state index < -0.39 is 0 Å². The summed E-state index contributed by atoms with van der Waals surface area (Å²) < 4.78 is 2.08. The van der Waals surface area contributed by atoms with Crippen LogP contribution in [0.2, 0.25) is 0 Å². The summed E-state index contributed by atoms with van der Waals surface area (Å²) in [5.41, 5.74) is 0.954. The first-order chi connectivity index (χ1) is 9.81. The lowest BCUT2D eigenvalue weighted by atomic mass is 9.91. The number of carbonyl (C=O) groups excluding carboxylic acids is 1. The van der Waals surface area contributed by atoms with Crippen LogP contribution in [0.25, 0.3) is 0 Å². The Morgan fingerprint density at radius 1 is 1.25 bits per heavy atom. The van der Waals surface area contributed by atoms with Crippen molar-refractivity contribution in [2.24, 2.45) is 5.92 Å². The quantitative estimate of drug-likeness (QED) is 0.898. The molecule has 0 aromatic carbocycles. The molecule has 3 rings (SSSR count). The van der Waals surface area contributed by atoms with Gasteiger partial charge in [-0.3, -0.25) is 9.48 Å². The number of ketones is 1. The molecule has 2 heterocycles. The largest absolute Gasteiger partial charge is 0.317 e. The summed E-state index contributed by atoms with van der Waals surface area (Å²) in [4.78, 5) is 12.1. The second kappa shape index (κ2) is 6.53. The summed E-state index contributed by atoms with van der Waals surface area (Å²) in [5.74, 6) is 0.939. The molecule has 4 heteroatoms. The zero-order valence-corrected chi connectivity index (χ0v) is 12.2. The first kappa shape index (κ1) is 13.8. The molecule has 1 saturated heterocycles. The number of carbonyl (C=O) groups is 1. The van der Waals surface area contributed by atoms with Gasteiger partial charge >= 0.3 is 0 Å². The Morgan fingerprint density at radius 2 is 2.00 bits per heavy atom. The second-order valence-corrected chi connectivity index (χ2v) is 6.34. The van der Waals surface area contributed by atoms with Crippen molar-refractivity contribution in [3.05, 3.63) is 18.0 Å². The number of piperidine rings is 1. The molecule has 4 nitrogen and oxygen atoms in total. The van der Waals surface area contributed by atoms with E-state index in [-0.39, 0.29) is 0 Å². The summed E-state index contributed by atoms with van der Waals surface area (Å²) in [6.07, 6.45) is 10.7. The standard InChI is InChI=1S/C16H25N3O/c20-16(11-13-5-8-17-9-6-13)12-14-7-10-19(18-14)15-3-1-2-4-15/h7,10,13,15,17H,1-6,8-9,11-12H2. The number of hydrogen-bond donors (Lipinski definition) is 1. The van der Waals surface area contributed by atoms with E-state index in [1.807, 2.05) is 6.07 Å². The van der Waals surface area contributed by atoms with Crippen molar-refractivity contribution in [3.63, 3.8) is 0 Å². The van der Waals surface area contributed by atoms with E-state index in [1.54, 1.807) is 0 Å². The molecule has 1 aliphatic carbocycles. The summed E-state index contributed by atoms with van der Waals surface area (Å²) in [5, 5.41) is 7.95. The minimum Gasteiger partial charge on any atom is -0.317 e. The maximum Gasteiger partial charge on any atom is 0.139 e. The molecule has 1 aromatic rings. The van der Waals surface area contributed by atoms with Gasteiger partial charge in [-0.25, -0.2) is 0 Å². The van der Waals surface area contributed by atoms with Crippen LogP contribution in [0.15, 0.2) is 12.3 Å². The highest BCUT2D eigenvalue weighted by Gasteiger charge is 2.20. The van der Waals surface area contributed by atoms with Gasteiger partial charge in [0.1, 0.15) is 5.78 Å². The van der Waals surface area contributed by atoms with Crippen LogP contribution in [0.4, 0.5) is 0 Å². The lowest BCUT2D eigenvalue weighted by molar-refractivity contribution is -0.119. The third kappa shape index (κ3) is 3.48. The van der Waals surface area contributed by atoms with Gasteiger partial charge in [0, 0.05) is 12.6 Å². The predicted octanol–water partition coefficient (Wildman–Crippen LogP) is 2.50. The Hall–Kier alpha value is -1.16. The van der Waals surface area contributed by atoms with Crippen molar-refractivity contribution >= 4 is 5.78 Å². The SMILES string of the molecule is O=C(Cc1ccn(C2CCCC2)n1)CC1CCNCC1. The molecule has 0 radical (unpaired) electrons. The maximum atomic E-state index is 12.1. The molecule has 1 saturated carbocycles. The minimum absolute atomic E-state index is 0.355. The van der Waals surface area contributed by atoms with Gasteiger partial charge in [-0.2, -0.15) is 5.10 Å². The van der Waals surface area contributed by atoms with Gasteiger partial charge in [-0.1, -0.05) is 12.8 Å². The monoisotopic (exact) mass is 275 g/mol. The Balaban J connectivity index is 1.50. The molecule has 0 unspecified atom stereocenters. The van der Waals surface area contributed by atoms with Crippen LogP contribution in [0.5, 0.6) is 0 Å². The minimum atomic E-state index is 0.355. The molecule has 20 heavy (non-hydrogen) atoms. The molecule has 1 aromatic heterocycles. The van der Waals surface area contributed by atoms with E-state index in [2.05, 4.69) is 21.3 Å². The van der Waals surface area contributed by atoms with Gasteiger partial charge < -0.3 is 5.32 Å². The van der Waals surface area contributed by atoms with Gasteiger partial charge in [0.25, 0.3) is 0 Å². The lowest BCUT2D eigenvalue weighted by Gasteiger charge is -2.21. The summed E-state index contributed by atoms with van der Waals surface area (Å²) in [7, 11) is 0. The van der Waals surface area contributed by atoms with Gasteiger partial charge in [0.2, 0.25) is 0 Å². The Labute approximate surface area is 120 Å². The van der Waals surface area contributed by atoms with Crippen LogP contribution in [0, 0.1) is 5.92 Å². The van der Waals surface area contributed by atoms with E-state index >= 15 is 0 Å². The molecule has 1 aliphatic heterocycles. The van der Waals surface area contributed by atoms with Crippen LogP contribution < -0.4 is 5.32 Å².